The standard InChI is InChI=1S/C23H27N3O4/c1-14-12-26(13-15(2)29-14)11-10-20(27)24-25-23(28)21-16(3)18-9-8-17-6-4-5-7-19(17)22(18)30-21/h4-9,14-15H,10-13H2,1-3H3,(H,24,27)(H,25,28)/p+1/t14-,15-/m1/s1. The van der Waals surface area contributed by atoms with Crippen LogP contribution < -0.4 is 15.8 Å². The number of amides is 2. The number of carbonyl (C=O) groups excluding carboxylic acids is 2. The van der Waals surface area contributed by atoms with Gasteiger partial charge in [0, 0.05) is 16.3 Å². The molecule has 0 bridgehead atoms. The Morgan fingerprint density at radius 1 is 1.03 bits per heavy atom. The average molecular weight is 410 g/mol. The van der Waals surface area contributed by atoms with Gasteiger partial charge < -0.3 is 14.1 Å². The van der Waals surface area contributed by atoms with Gasteiger partial charge in [-0.05, 0) is 26.2 Å². The van der Waals surface area contributed by atoms with Crippen molar-refractivity contribution in [1.29, 1.82) is 0 Å². The van der Waals surface area contributed by atoms with Crippen molar-refractivity contribution in [3.63, 3.8) is 0 Å². The quantitative estimate of drug-likeness (QED) is 0.572. The Morgan fingerprint density at radius 3 is 2.53 bits per heavy atom. The highest BCUT2D eigenvalue weighted by atomic mass is 16.5. The van der Waals surface area contributed by atoms with E-state index in [4.69, 9.17) is 9.15 Å². The van der Waals surface area contributed by atoms with Crippen molar-refractivity contribution in [1.82, 2.24) is 10.9 Å². The second-order valence-corrected chi connectivity index (χ2v) is 8.14. The molecule has 2 amide bonds. The summed E-state index contributed by atoms with van der Waals surface area (Å²) in [5, 5.41) is 2.90. The Hall–Kier alpha value is -2.90. The van der Waals surface area contributed by atoms with Crippen LogP contribution in [0.5, 0.6) is 0 Å². The molecule has 0 saturated carbocycles. The van der Waals surface area contributed by atoms with Gasteiger partial charge in [0.05, 0.1) is 13.0 Å². The smallest absolute Gasteiger partial charge is 0.305 e. The van der Waals surface area contributed by atoms with Crippen LogP contribution in [0, 0.1) is 6.92 Å². The van der Waals surface area contributed by atoms with Gasteiger partial charge in [0.25, 0.3) is 0 Å². The van der Waals surface area contributed by atoms with Gasteiger partial charge in [0.1, 0.15) is 30.9 Å². The fraction of sp³-hybridized carbons (Fsp3) is 0.391. The number of quaternary nitrogens is 1. The number of aryl methyl sites for hydroxylation is 1. The molecule has 0 aliphatic carbocycles. The molecule has 1 aliphatic heterocycles. The summed E-state index contributed by atoms with van der Waals surface area (Å²) in [4.78, 5) is 26.2. The van der Waals surface area contributed by atoms with E-state index in [9.17, 15) is 9.59 Å². The molecule has 7 nitrogen and oxygen atoms in total. The topological polar surface area (TPSA) is 85.0 Å². The van der Waals surface area contributed by atoms with Gasteiger partial charge in [-0.25, -0.2) is 0 Å². The third-order valence-electron chi connectivity index (χ3n) is 5.67. The number of rotatable bonds is 4. The summed E-state index contributed by atoms with van der Waals surface area (Å²) in [6.45, 7) is 8.42. The minimum Gasteiger partial charge on any atom is -0.450 e. The lowest BCUT2D eigenvalue weighted by Crippen LogP contribution is -3.15. The molecule has 0 radical (unpaired) electrons. The lowest BCUT2D eigenvalue weighted by Gasteiger charge is -2.32. The highest BCUT2D eigenvalue weighted by Gasteiger charge is 2.26. The zero-order valence-corrected chi connectivity index (χ0v) is 17.6. The van der Waals surface area contributed by atoms with Crippen molar-refractivity contribution in [2.24, 2.45) is 0 Å². The van der Waals surface area contributed by atoms with Gasteiger partial charge in [0.2, 0.25) is 5.91 Å². The van der Waals surface area contributed by atoms with E-state index < -0.39 is 5.91 Å². The van der Waals surface area contributed by atoms with Crippen LogP contribution >= 0.6 is 0 Å². The second kappa shape index (κ2) is 8.45. The molecule has 3 aromatic rings. The van der Waals surface area contributed by atoms with E-state index in [1.807, 2.05) is 43.3 Å². The number of benzene rings is 2. The normalized spacial score (nSPS) is 21.6. The van der Waals surface area contributed by atoms with Crippen LogP contribution in [0.3, 0.4) is 0 Å². The summed E-state index contributed by atoms with van der Waals surface area (Å²) in [5.74, 6) is -0.466. The van der Waals surface area contributed by atoms with Crippen LogP contribution in [0.1, 0.15) is 36.4 Å². The number of hydrogen-bond donors (Lipinski definition) is 3. The first-order valence-electron chi connectivity index (χ1n) is 10.4. The van der Waals surface area contributed by atoms with Crippen molar-refractivity contribution >= 4 is 33.6 Å². The molecule has 30 heavy (non-hydrogen) atoms. The highest BCUT2D eigenvalue weighted by molar-refractivity contribution is 6.09. The minimum absolute atomic E-state index is 0.193. The van der Waals surface area contributed by atoms with E-state index in [1.165, 1.54) is 4.90 Å². The monoisotopic (exact) mass is 410 g/mol. The molecule has 1 saturated heterocycles. The SMILES string of the molecule is Cc1c(C(=O)NNC(=O)CC[NH+]2C[C@@H](C)O[C@H](C)C2)oc2c1ccc1ccccc12. The molecule has 2 heterocycles. The largest absolute Gasteiger partial charge is 0.450 e. The first-order chi connectivity index (χ1) is 14.4. The summed E-state index contributed by atoms with van der Waals surface area (Å²) in [6, 6.07) is 11.9. The Bertz CT molecular complexity index is 1080. The van der Waals surface area contributed by atoms with Crippen molar-refractivity contribution in [3.8, 4) is 0 Å². The van der Waals surface area contributed by atoms with Crippen LogP contribution in [0.4, 0.5) is 0 Å². The number of carbonyl (C=O) groups is 2. The molecule has 2 aromatic carbocycles. The van der Waals surface area contributed by atoms with E-state index in [1.54, 1.807) is 0 Å². The van der Waals surface area contributed by atoms with Gasteiger partial charge in [-0.15, -0.1) is 0 Å². The van der Waals surface area contributed by atoms with Crippen molar-refractivity contribution in [2.75, 3.05) is 19.6 Å². The second-order valence-electron chi connectivity index (χ2n) is 8.14. The van der Waals surface area contributed by atoms with Gasteiger partial charge in [-0.2, -0.15) is 0 Å². The lowest BCUT2D eigenvalue weighted by atomic mass is 10.1. The van der Waals surface area contributed by atoms with Crippen LogP contribution in [-0.4, -0.2) is 43.7 Å². The number of morpholine rings is 1. The highest BCUT2D eigenvalue weighted by Crippen LogP contribution is 2.31. The molecule has 158 valence electrons. The molecular weight excluding hydrogens is 382 g/mol. The van der Waals surface area contributed by atoms with Gasteiger partial charge in [-0.3, -0.25) is 20.4 Å². The number of nitrogens with one attached hydrogen (secondary N) is 3. The van der Waals surface area contributed by atoms with E-state index >= 15 is 0 Å². The third kappa shape index (κ3) is 4.17. The lowest BCUT2D eigenvalue weighted by molar-refractivity contribution is -0.914. The van der Waals surface area contributed by atoms with Crippen molar-refractivity contribution in [3.05, 3.63) is 47.7 Å². The molecule has 1 aliphatic rings. The molecule has 7 heteroatoms. The zero-order valence-electron chi connectivity index (χ0n) is 17.6. The summed E-state index contributed by atoms with van der Waals surface area (Å²) in [5.41, 5.74) is 6.43. The van der Waals surface area contributed by atoms with Crippen LogP contribution in [0.25, 0.3) is 21.7 Å². The van der Waals surface area contributed by atoms with Gasteiger partial charge in [0.15, 0.2) is 5.76 Å². The number of fused-ring (bicyclic) bond motifs is 3. The average Bonchev–Trinajstić information content (AvgIpc) is 3.07. The molecule has 1 fully saturated rings. The van der Waals surface area contributed by atoms with Crippen LogP contribution in [0.15, 0.2) is 40.8 Å². The molecule has 2 atom stereocenters. The van der Waals surface area contributed by atoms with Crippen LogP contribution in [0.2, 0.25) is 0 Å². The zero-order chi connectivity index (χ0) is 21.3. The molecule has 0 unspecified atom stereocenters. The third-order valence-corrected chi connectivity index (χ3v) is 5.67. The predicted molar refractivity (Wildman–Crippen MR) is 114 cm³/mol. The Kier molecular flexibility index (Phi) is 5.74. The molecule has 3 N–H and O–H groups in total. The molecular formula is C23H28N3O4+. The van der Waals surface area contributed by atoms with E-state index in [0.717, 1.165) is 34.8 Å². The first-order valence-corrected chi connectivity index (χ1v) is 10.4. The van der Waals surface area contributed by atoms with Gasteiger partial charge in [-0.1, -0.05) is 36.4 Å². The Morgan fingerprint density at radius 2 is 1.77 bits per heavy atom. The maximum atomic E-state index is 12.6. The van der Waals surface area contributed by atoms with Crippen LogP contribution in [-0.2, 0) is 9.53 Å². The fourth-order valence-corrected chi connectivity index (χ4v) is 4.30. The van der Waals surface area contributed by atoms with Gasteiger partial charge >= 0.3 is 5.91 Å². The number of ether oxygens (including phenoxy) is 1. The predicted octanol–water partition coefficient (Wildman–Crippen LogP) is 1.74. The summed E-state index contributed by atoms with van der Waals surface area (Å²) >= 11 is 0. The number of hydrogen-bond acceptors (Lipinski definition) is 4. The number of hydrazine groups is 1. The molecule has 4 rings (SSSR count). The Labute approximate surface area is 175 Å². The van der Waals surface area contributed by atoms with E-state index in [2.05, 4.69) is 24.7 Å². The van der Waals surface area contributed by atoms with Crippen molar-refractivity contribution in [2.45, 2.75) is 39.4 Å². The van der Waals surface area contributed by atoms with E-state index in [0.29, 0.717) is 18.5 Å². The fourth-order valence-electron chi connectivity index (χ4n) is 4.30. The van der Waals surface area contributed by atoms with Crippen molar-refractivity contribution < 1.29 is 23.6 Å². The maximum absolute atomic E-state index is 12.6. The molecule has 1 aromatic heterocycles. The first kappa shape index (κ1) is 20.4. The number of furan rings is 1. The van der Waals surface area contributed by atoms with E-state index in [-0.39, 0.29) is 23.9 Å². The summed E-state index contributed by atoms with van der Waals surface area (Å²) in [7, 11) is 0. The Balaban J connectivity index is 1.38. The molecule has 0 spiro atoms. The minimum atomic E-state index is -0.456. The summed E-state index contributed by atoms with van der Waals surface area (Å²) in [6.07, 6.45) is 0.719. The maximum Gasteiger partial charge on any atom is 0.305 e. The summed E-state index contributed by atoms with van der Waals surface area (Å²) < 4.78 is 11.6.